The summed E-state index contributed by atoms with van der Waals surface area (Å²) in [6, 6.07) is 0. The molecular formula is C9H17NO6. The van der Waals surface area contributed by atoms with Crippen molar-refractivity contribution in [1.29, 1.82) is 0 Å². The number of Topliss-reactive ketones (excluding diaryl/α,β-unsaturated/α-hetero) is 1. The summed E-state index contributed by atoms with van der Waals surface area (Å²) in [5.74, 6) is -0.329. The Kier molecular flexibility index (Phi) is 4.78. The highest BCUT2D eigenvalue weighted by molar-refractivity contribution is 5.80. The molecule has 1 fully saturated rings. The van der Waals surface area contributed by atoms with Crippen LogP contribution in [0.1, 0.15) is 6.42 Å². The van der Waals surface area contributed by atoms with Gasteiger partial charge in [-0.2, -0.15) is 0 Å². The predicted molar refractivity (Wildman–Crippen MR) is 52.4 cm³/mol. The molecule has 0 aromatic carbocycles. The number of hydrogen-bond donors (Lipinski definition) is 5. The molecule has 0 spiro atoms. The largest absolute Gasteiger partial charge is 0.394 e. The highest BCUT2D eigenvalue weighted by Crippen LogP contribution is 2.23. The number of aliphatic hydroxyl groups is 4. The van der Waals surface area contributed by atoms with E-state index in [9.17, 15) is 20.1 Å². The number of carbonyl (C=O) groups excluding carboxylic acids is 1. The molecule has 94 valence electrons. The van der Waals surface area contributed by atoms with E-state index in [2.05, 4.69) is 0 Å². The fourth-order valence-electron chi connectivity index (χ4n) is 1.65. The maximum absolute atomic E-state index is 11.1. The Balaban J connectivity index is 2.67. The molecule has 1 heterocycles. The Labute approximate surface area is 92.4 Å². The first-order chi connectivity index (χ1) is 7.51. The van der Waals surface area contributed by atoms with E-state index in [1.54, 1.807) is 0 Å². The third-order valence-corrected chi connectivity index (χ3v) is 2.65. The van der Waals surface area contributed by atoms with Crippen molar-refractivity contribution >= 4 is 5.78 Å². The second-order valence-corrected chi connectivity index (χ2v) is 3.81. The highest BCUT2D eigenvalue weighted by Gasteiger charge is 2.43. The summed E-state index contributed by atoms with van der Waals surface area (Å²) in [5, 5.41) is 37.3. The third kappa shape index (κ3) is 2.76. The van der Waals surface area contributed by atoms with E-state index in [1.165, 1.54) is 0 Å². The highest BCUT2D eigenvalue weighted by atomic mass is 16.5. The Morgan fingerprint density at radius 3 is 2.19 bits per heavy atom. The summed E-state index contributed by atoms with van der Waals surface area (Å²) >= 11 is 0. The number of ketones is 1. The molecule has 7 heteroatoms. The van der Waals surface area contributed by atoms with Gasteiger partial charge < -0.3 is 30.9 Å². The Bertz CT molecular complexity index is 246. The maximum atomic E-state index is 11.1. The minimum Gasteiger partial charge on any atom is -0.394 e. The molecule has 1 aliphatic heterocycles. The molecule has 0 amide bonds. The molecule has 5 atom stereocenters. The van der Waals surface area contributed by atoms with Crippen molar-refractivity contribution in [2.45, 2.75) is 36.9 Å². The van der Waals surface area contributed by atoms with Crippen molar-refractivity contribution < 1.29 is 30.0 Å². The van der Waals surface area contributed by atoms with Gasteiger partial charge in [-0.1, -0.05) is 0 Å². The lowest BCUT2D eigenvalue weighted by Gasteiger charge is -2.39. The van der Waals surface area contributed by atoms with Gasteiger partial charge in [0, 0.05) is 6.42 Å². The molecule has 1 aliphatic rings. The van der Waals surface area contributed by atoms with Crippen LogP contribution in [0.2, 0.25) is 0 Å². The van der Waals surface area contributed by atoms with Gasteiger partial charge >= 0.3 is 0 Å². The Morgan fingerprint density at radius 1 is 1.12 bits per heavy atom. The number of hydrogen-bond acceptors (Lipinski definition) is 7. The van der Waals surface area contributed by atoms with Gasteiger partial charge in [0.25, 0.3) is 0 Å². The van der Waals surface area contributed by atoms with E-state index >= 15 is 0 Å². The van der Waals surface area contributed by atoms with Crippen LogP contribution in [-0.4, -0.2) is 69.9 Å². The predicted octanol–water partition coefficient (Wildman–Crippen LogP) is -3.25. The van der Waals surface area contributed by atoms with Crippen molar-refractivity contribution in [2.24, 2.45) is 5.73 Å². The van der Waals surface area contributed by atoms with Crippen LogP contribution in [0.3, 0.4) is 0 Å². The van der Waals surface area contributed by atoms with Gasteiger partial charge in [-0.3, -0.25) is 4.79 Å². The lowest BCUT2D eigenvalue weighted by molar-refractivity contribution is -0.229. The van der Waals surface area contributed by atoms with E-state index in [-0.39, 0.29) is 18.7 Å². The zero-order valence-electron chi connectivity index (χ0n) is 8.69. The van der Waals surface area contributed by atoms with Gasteiger partial charge in [0.15, 0.2) is 0 Å². The maximum Gasteiger partial charge on any atom is 0.149 e. The number of carbonyl (C=O) groups is 1. The fraction of sp³-hybridized carbons (Fsp3) is 0.889. The van der Waals surface area contributed by atoms with E-state index < -0.39 is 37.1 Å². The molecule has 0 aromatic heterocycles. The summed E-state index contributed by atoms with van der Waals surface area (Å²) in [7, 11) is 0. The first-order valence-electron chi connectivity index (χ1n) is 5.03. The van der Waals surface area contributed by atoms with Crippen LogP contribution in [0, 0.1) is 0 Å². The van der Waals surface area contributed by atoms with Crippen LogP contribution in [0.5, 0.6) is 0 Å². The smallest absolute Gasteiger partial charge is 0.149 e. The van der Waals surface area contributed by atoms with E-state index in [1.807, 2.05) is 0 Å². The second-order valence-electron chi connectivity index (χ2n) is 3.81. The van der Waals surface area contributed by atoms with Gasteiger partial charge in [-0.05, 0) is 0 Å². The van der Waals surface area contributed by atoms with Crippen molar-refractivity contribution in [3.8, 4) is 0 Å². The fourth-order valence-corrected chi connectivity index (χ4v) is 1.65. The average Bonchev–Trinajstić information content (AvgIpc) is 2.29. The summed E-state index contributed by atoms with van der Waals surface area (Å²) < 4.78 is 5.12. The number of ether oxygens (including phenoxy) is 1. The third-order valence-electron chi connectivity index (χ3n) is 2.65. The Hall–Kier alpha value is -0.570. The van der Waals surface area contributed by atoms with E-state index in [0.29, 0.717) is 0 Å². The zero-order valence-corrected chi connectivity index (χ0v) is 8.69. The number of nitrogens with two attached hydrogens (primary N) is 1. The topological polar surface area (TPSA) is 133 Å². The lowest BCUT2D eigenvalue weighted by Crippen LogP contribution is -2.58. The molecule has 0 radical (unpaired) electrons. The molecule has 1 saturated heterocycles. The van der Waals surface area contributed by atoms with Gasteiger partial charge in [0.2, 0.25) is 0 Å². The molecular weight excluding hydrogens is 218 g/mol. The minimum atomic E-state index is -1.44. The first-order valence-corrected chi connectivity index (χ1v) is 5.03. The normalized spacial score (nSPS) is 39.7. The van der Waals surface area contributed by atoms with Gasteiger partial charge in [0.05, 0.1) is 19.3 Å². The van der Waals surface area contributed by atoms with Crippen molar-refractivity contribution in [1.82, 2.24) is 0 Å². The van der Waals surface area contributed by atoms with Crippen LogP contribution in [0.4, 0.5) is 0 Å². The summed E-state index contributed by atoms with van der Waals surface area (Å²) in [6.07, 6.45) is -6.29. The minimum absolute atomic E-state index is 0.155. The van der Waals surface area contributed by atoms with Crippen molar-refractivity contribution in [2.75, 3.05) is 13.2 Å². The SMILES string of the molecule is NCC(=O)C[C@@H]1OC(CO)[C@H](O)[C@H](O)C1O. The van der Waals surface area contributed by atoms with Crippen molar-refractivity contribution in [3.05, 3.63) is 0 Å². The monoisotopic (exact) mass is 235 g/mol. The summed E-state index contributed by atoms with van der Waals surface area (Å²) in [4.78, 5) is 11.1. The Morgan fingerprint density at radius 2 is 1.69 bits per heavy atom. The molecule has 7 nitrogen and oxygen atoms in total. The van der Waals surface area contributed by atoms with E-state index in [4.69, 9.17) is 15.6 Å². The van der Waals surface area contributed by atoms with Gasteiger partial charge in [-0.15, -0.1) is 0 Å². The van der Waals surface area contributed by atoms with Gasteiger partial charge in [0.1, 0.15) is 30.2 Å². The molecule has 0 aromatic rings. The molecule has 16 heavy (non-hydrogen) atoms. The van der Waals surface area contributed by atoms with Gasteiger partial charge in [-0.25, -0.2) is 0 Å². The average molecular weight is 235 g/mol. The molecule has 1 rings (SSSR count). The van der Waals surface area contributed by atoms with Crippen LogP contribution in [-0.2, 0) is 9.53 Å². The van der Waals surface area contributed by atoms with Crippen LogP contribution < -0.4 is 5.73 Å². The number of rotatable bonds is 4. The summed E-state index contributed by atoms with van der Waals surface area (Å²) in [5.41, 5.74) is 5.12. The van der Waals surface area contributed by atoms with Crippen LogP contribution in [0.25, 0.3) is 0 Å². The molecule has 0 aliphatic carbocycles. The van der Waals surface area contributed by atoms with Crippen molar-refractivity contribution in [3.63, 3.8) is 0 Å². The quantitative estimate of drug-likeness (QED) is 0.345. The summed E-state index contributed by atoms with van der Waals surface area (Å²) in [6.45, 7) is -0.687. The van der Waals surface area contributed by atoms with Crippen LogP contribution >= 0.6 is 0 Å². The zero-order chi connectivity index (χ0) is 12.3. The number of aliphatic hydroxyl groups excluding tert-OH is 4. The van der Waals surface area contributed by atoms with E-state index in [0.717, 1.165) is 0 Å². The molecule has 0 saturated carbocycles. The molecule has 2 unspecified atom stereocenters. The second kappa shape index (κ2) is 5.67. The lowest BCUT2D eigenvalue weighted by atomic mass is 9.92. The van der Waals surface area contributed by atoms with Crippen LogP contribution in [0.15, 0.2) is 0 Å². The standard InChI is InChI=1S/C9H17NO6/c10-2-4(12)1-5-7(13)9(15)8(14)6(3-11)16-5/h5-9,11,13-15H,1-3,10H2/t5-,6?,7?,8-,9+/m0/s1. The molecule has 0 bridgehead atoms. The molecule has 6 N–H and O–H groups in total. The first kappa shape index (κ1) is 13.5.